The molecule has 3 nitrogen and oxygen atoms in total. The summed E-state index contributed by atoms with van der Waals surface area (Å²) >= 11 is 11.9. The molecule has 0 aromatic heterocycles. The zero-order chi connectivity index (χ0) is 12.6. The summed E-state index contributed by atoms with van der Waals surface area (Å²) in [5.74, 6) is 0.630. The largest absolute Gasteiger partial charge is 1.00 e. The summed E-state index contributed by atoms with van der Waals surface area (Å²) in [6.45, 7) is 1.55. The molecule has 0 spiro atoms. The number of hydrogen-bond donors (Lipinski definition) is 3. The molecule has 1 aromatic rings. The van der Waals surface area contributed by atoms with E-state index >= 15 is 0 Å². The molecule has 15 heavy (non-hydrogen) atoms. The molecule has 82 valence electrons. The Balaban J connectivity index is 0.00000162. The summed E-state index contributed by atoms with van der Waals surface area (Å²) in [6.07, 6.45) is 0. The van der Waals surface area contributed by atoms with Gasteiger partial charge in [-0.25, -0.2) is 5.32 Å². The van der Waals surface area contributed by atoms with Crippen molar-refractivity contribution in [2.24, 2.45) is 0 Å². The molecule has 0 amide bonds. The topological polar surface area (TPSA) is 38.0 Å². The van der Waals surface area contributed by atoms with Gasteiger partial charge in [-0.1, -0.05) is 29.2 Å². The van der Waals surface area contributed by atoms with Crippen LogP contribution in [0.3, 0.4) is 0 Å². The lowest BCUT2D eigenvalue weighted by Gasteiger charge is -2.04. The van der Waals surface area contributed by atoms with Gasteiger partial charge in [0.25, 0.3) is 0 Å². The first-order chi connectivity index (χ1) is 8.02. The smallest absolute Gasteiger partial charge is 0.348 e. The molecule has 3 N–H and O–H groups in total. The van der Waals surface area contributed by atoms with Crippen LogP contribution in [0, 0.1) is 0 Å². The second-order valence-electron chi connectivity index (χ2n) is 2.73. The van der Waals surface area contributed by atoms with Gasteiger partial charge in [0, 0.05) is 0 Å². The fraction of sp³-hybridized carbons (Fsp3) is 0.222. The predicted molar refractivity (Wildman–Crippen MR) is 58.9 cm³/mol. The average molecular weight is 273 g/mol. The standard InChI is InChI=1S/C9H9Cl2N3.ClH/c10-6-2-1-3-7(11)8(6)14-9-12-4-5-13-9;/h1-3H,4-5H2,(H2,12,13,14);1H/i1T,2T,3T;. The maximum absolute atomic E-state index is 7.61. The molecule has 1 heterocycles. The molecule has 0 bridgehead atoms. The summed E-state index contributed by atoms with van der Waals surface area (Å²) in [6, 6.07) is -0.688. The molecule has 0 fully saturated rings. The van der Waals surface area contributed by atoms with Gasteiger partial charge in [-0.2, -0.15) is 0 Å². The van der Waals surface area contributed by atoms with Crippen molar-refractivity contribution in [3.05, 3.63) is 28.2 Å². The molecule has 0 atom stereocenters. The predicted octanol–water partition coefficient (Wildman–Crippen LogP) is -2.55. The van der Waals surface area contributed by atoms with Crippen LogP contribution >= 0.6 is 23.2 Å². The Morgan fingerprint density at radius 2 is 2.07 bits per heavy atom. The van der Waals surface area contributed by atoms with E-state index in [0.29, 0.717) is 5.96 Å². The first-order valence-electron chi connectivity index (χ1n) is 5.59. The number of hydrogen-bond acceptors (Lipinski definition) is 2. The first kappa shape index (κ1) is 8.50. The number of para-hydroxylation sites is 1. The summed E-state index contributed by atoms with van der Waals surface area (Å²) < 4.78 is 22.7. The highest BCUT2D eigenvalue weighted by Gasteiger charge is 2.15. The van der Waals surface area contributed by atoms with Gasteiger partial charge < -0.3 is 12.4 Å². The molecule has 0 aliphatic carbocycles. The van der Waals surface area contributed by atoms with Crippen LogP contribution in [0.2, 0.25) is 10.0 Å². The van der Waals surface area contributed by atoms with Crippen molar-refractivity contribution >= 4 is 34.8 Å². The van der Waals surface area contributed by atoms with Crippen LogP contribution in [-0.2, 0) is 0 Å². The van der Waals surface area contributed by atoms with E-state index in [-0.39, 0.29) is 46.3 Å². The third-order valence-electron chi connectivity index (χ3n) is 1.76. The highest BCUT2D eigenvalue weighted by atomic mass is 35.5. The fourth-order valence-corrected chi connectivity index (χ4v) is 1.55. The van der Waals surface area contributed by atoms with Crippen molar-refractivity contribution in [2.45, 2.75) is 0 Å². The fourth-order valence-electron chi connectivity index (χ4n) is 1.12. The van der Waals surface area contributed by atoms with Crippen molar-refractivity contribution in [2.75, 3.05) is 18.4 Å². The minimum atomic E-state index is -0.275. The van der Waals surface area contributed by atoms with E-state index in [0.717, 1.165) is 13.1 Å². The molecule has 1 aliphatic heterocycles. The van der Waals surface area contributed by atoms with Crippen molar-refractivity contribution < 1.29 is 21.5 Å². The minimum Gasteiger partial charge on any atom is -1.00 e. The summed E-state index contributed by atoms with van der Waals surface area (Å²) in [7, 11) is 0. The van der Waals surface area contributed by atoms with E-state index in [9.17, 15) is 0 Å². The molecular weight excluding hydrogens is 256 g/mol. The zero-order valence-corrected chi connectivity index (χ0v) is 9.82. The van der Waals surface area contributed by atoms with Crippen LogP contribution in [0.4, 0.5) is 5.69 Å². The summed E-state index contributed by atoms with van der Waals surface area (Å²) in [5, 5.41) is 6.00. The minimum absolute atomic E-state index is 0. The lowest BCUT2D eigenvalue weighted by molar-refractivity contribution is -0.444. The Labute approximate surface area is 108 Å². The number of benzene rings is 1. The monoisotopic (exact) mass is 271 g/mol. The number of rotatable bonds is 1. The molecule has 0 saturated heterocycles. The molecule has 1 aliphatic rings. The molecule has 2 rings (SSSR count). The zero-order valence-electron chi connectivity index (χ0n) is 10.5. The van der Waals surface area contributed by atoms with E-state index in [1.807, 2.05) is 0 Å². The van der Waals surface area contributed by atoms with Crippen molar-refractivity contribution in [1.82, 2.24) is 5.32 Å². The number of halogens is 3. The lowest BCUT2D eigenvalue weighted by Crippen LogP contribution is -3.00. The van der Waals surface area contributed by atoms with Gasteiger partial charge >= 0.3 is 5.96 Å². The van der Waals surface area contributed by atoms with Crippen LogP contribution in [0.15, 0.2) is 18.1 Å². The lowest BCUT2D eigenvalue weighted by atomic mass is 10.3. The highest BCUT2D eigenvalue weighted by molar-refractivity contribution is 6.39. The summed E-state index contributed by atoms with van der Waals surface area (Å²) in [4.78, 5) is 3.02. The van der Waals surface area contributed by atoms with Crippen molar-refractivity contribution in [3.8, 4) is 0 Å². The van der Waals surface area contributed by atoms with E-state index in [1.54, 1.807) is 0 Å². The van der Waals surface area contributed by atoms with Gasteiger partial charge in [0.05, 0.1) is 27.2 Å². The van der Waals surface area contributed by atoms with E-state index in [2.05, 4.69) is 15.6 Å². The Hall–Kier alpha value is -0.640. The maximum atomic E-state index is 7.61. The Kier molecular flexibility index (Phi) is 3.09. The van der Waals surface area contributed by atoms with Gasteiger partial charge in [-0.15, -0.1) is 0 Å². The van der Waals surface area contributed by atoms with Gasteiger partial charge in [-0.05, 0) is 12.1 Å². The second kappa shape index (κ2) is 5.45. The van der Waals surface area contributed by atoms with Gasteiger partial charge in [0.2, 0.25) is 0 Å². The van der Waals surface area contributed by atoms with Gasteiger partial charge in [0.15, 0.2) is 0 Å². The number of anilines is 1. The number of guanidine groups is 1. The van der Waals surface area contributed by atoms with E-state index in [1.165, 1.54) is 0 Å². The molecule has 1 aromatic carbocycles. The van der Waals surface area contributed by atoms with Crippen LogP contribution < -0.4 is 28.0 Å². The van der Waals surface area contributed by atoms with E-state index < -0.39 is 0 Å². The van der Waals surface area contributed by atoms with Crippen LogP contribution in [-0.4, -0.2) is 19.0 Å². The highest BCUT2D eigenvalue weighted by Crippen LogP contribution is 2.29. The molecule has 0 radical (unpaired) electrons. The Morgan fingerprint density at radius 3 is 2.60 bits per heavy atom. The van der Waals surface area contributed by atoms with Crippen LogP contribution in [0.1, 0.15) is 4.11 Å². The van der Waals surface area contributed by atoms with E-state index in [4.69, 9.17) is 27.3 Å². The third-order valence-corrected chi connectivity index (χ3v) is 2.33. The summed E-state index contributed by atoms with van der Waals surface area (Å²) in [5.41, 5.74) is 0.274. The van der Waals surface area contributed by atoms with Crippen molar-refractivity contribution in [3.63, 3.8) is 0 Å². The van der Waals surface area contributed by atoms with Crippen LogP contribution in [0.5, 0.6) is 0 Å². The SMILES string of the molecule is [3H]c1c([3H])c(Cl)c(NC2=[NH+]CCN2)c(Cl)c1[3H].[Cl-]. The molecule has 0 saturated carbocycles. The maximum Gasteiger partial charge on any atom is 0.348 e. The molecular formula is C9H10Cl3N3. The van der Waals surface area contributed by atoms with Gasteiger partial charge in [0.1, 0.15) is 5.69 Å². The van der Waals surface area contributed by atoms with Crippen molar-refractivity contribution in [1.29, 1.82) is 0 Å². The van der Waals surface area contributed by atoms with Crippen LogP contribution in [0.25, 0.3) is 0 Å². The molecule has 6 heteroatoms. The number of nitrogens with one attached hydrogen (secondary N) is 3. The normalized spacial score (nSPS) is 16.7. The Morgan fingerprint density at radius 1 is 1.40 bits per heavy atom. The third kappa shape index (κ3) is 2.91. The average Bonchev–Trinajstić information content (AvgIpc) is 2.82. The second-order valence-corrected chi connectivity index (χ2v) is 3.49. The van der Waals surface area contributed by atoms with Gasteiger partial charge in [-0.3, -0.25) is 10.3 Å². The Bertz CT molecular complexity index is 479. The molecule has 0 unspecified atom stereocenters. The first-order valence-corrected chi connectivity index (χ1v) is 4.84. The quantitative estimate of drug-likeness (QED) is 0.527.